The minimum atomic E-state index is -3.80. The van der Waals surface area contributed by atoms with Crippen molar-refractivity contribution >= 4 is 9.84 Å². The molecule has 0 heterocycles. The van der Waals surface area contributed by atoms with Crippen LogP contribution in [0.15, 0.2) is 21.9 Å². The van der Waals surface area contributed by atoms with E-state index in [0.29, 0.717) is 27.8 Å². The van der Waals surface area contributed by atoms with Crippen molar-refractivity contribution < 1.29 is 18.6 Å². The highest BCUT2D eigenvalue weighted by Gasteiger charge is 2.27. The molecule has 0 aliphatic heterocycles. The van der Waals surface area contributed by atoms with Gasteiger partial charge in [0.1, 0.15) is 11.5 Å². The Hall–Kier alpha value is -2.01. The molecule has 2 aromatic carbocycles. The van der Waals surface area contributed by atoms with Crippen LogP contribution in [0.3, 0.4) is 0 Å². The molecule has 0 aromatic heterocycles. The second-order valence-corrected chi connectivity index (χ2v) is 7.92. The third-order valence-electron chi connectivity index (χ3n) is 4.70. The fourth-order valence-electron chi connectivity index (χ4n) is 2.84. The Morgan fingerprint density at radius 1 is 0.696 bits per heavy atom. The molecule has 0 aliphatic rings. The Kier molecular flexibility index (Phi) is 4.20. The molecule has 0 fully saturated rings. The van der Waals surface area contributed by atoms with Gasteiger partial charge in [0, 0.05) is 0 Å². The van der Waals surface area contributed by atoms with Gasteiger partial charge in [-0.25, -0.2) is 8.42 Å². The van der Waals surface area contributed by atoms with Gasteiger partial charge in [0.15, 0.2) is 0 Å². The summed E-state index contributed by atoms with van der Waals surface area (Å²) in [5, 5.41) is 19.9. The molecule has 5 heteroatoms. The number of aromatic hydroxyl groups is 2. The highest BCUT2D eigenvalue weighted by Crippen LogP contribution is 2.37. The molecule has 23 heavy (non-hydrogen) atoms. The number of rotatable bonds is 2. The third-order valence-corrected chi connectivity index (χ3v) is 6.87. The second kappa shape index (κ2) is 5.57. The van der Waals surface area contributed by atoms with Crippen LogP contribution in [-0.2, 0) is 9.84 Å². The predicted octanol–water partition coefficient (Wildman–Crippen LogP) is 3.78. The average molecular weight is 334 g/mol. The van der Waals surface area contributed by atoms with E-state index in [0.717, 1.165) is 5.56 Å². The number of sulfone groups is 1. The van der Waals surface area contributed by atoms with Crippen molar-refractivity contribution in [3.05, 3.63) is 45.5 Å². The number of phenols is 2. The molecule has 0 radical (unpaired) electrons. The average Bonchev–Trinajstić information content (AvgIpc) is 2.46. The zero-order valence-corrected chi connectivity index (χ0v) is 15.1. The molecule has 2 aromatic rings. The standard InChI is InChI=1S/C18H22O4S/c1-9-7-15(19)12(4)14(6)18(9)23(21,22)17-8-16(20)11(3)10(2)13(17)5/h7-8,19-20H,1-6H3. The molecule has 2 rings (SSSR count). The minimum absolute atomic E-state index is 0.0301. The maximum Gasteiger partial charge on any atom is 0.207 e. The molecule has 0 saturated carbocycles. The van der Waals surface area contributed by atoms with Crippen LogP contribution in [0, 0.1) is 41.5 Å². The molecule has 0 bridgehead atoms. The van der Waals surface area contributed by atoms with Gasteiger partial charge in [-0.15, -0.1) is 0 Å². The first-order chi connectivity index (χ1) is 10.5. The first-order valence-electron chi connectivity index (χ1n) is 7.34. The summed E-state index contributed by atoms with van der Waals surface area (Å²) >= 11 is 0. The molecular weight excluding hydrogens is 312 g/mol. The lowest BCUT2D eigenvalue weighted by molar-refractivity contribution is 0.467. The van der Waals surface area contributed by atoms with Gasteiger partial charge in [-0.05, 0) is 87.1 Å². The van der Waals surface area contributed by atoms with E-state index in [1.807, 2.05) is 0 Å². The van der Waals surface area contributed by atoms with Crippen molar-refractivity contribution in [2.45, 2.75) is 51.3 Å². The van der Waals surface area contributed by atoms with Gasteiger partial charge in [-0.2, -0.15) is 0 Å². The summed E-state index contributed by atoms with van der Waals surface area (Å²) < 4.78 is 26.4. The SMILES string of the molecule is Cc1cc(O)c(C)c(C)c1S(=O)(=O)c1cc(O)c(C)c(C)c1C. The van der Waals surface area contributed by atoms with Crippen LogP contribution in [0.5, 0.6) is 11.5 Å². The van der Waals surface area contributed by atoms with E-state index in [9.17, 15) is 18.6 Å². The molecule has 0 spiro atoms. The molecule has 0 atom stereocenters. The van der Waals surface area contributed by atoms with Crippen molar-refractivity contribution in [3.8, 4) is 11.5 Å². The monoisotopic (exact) mass is 334 g/mol. The zero-order valence-electron chi connectivity index (χ0n) is 14.3. The van der Waals surface area contributed by atoms with Crippen molar-refractivity contribution in [2.24, 2.45) is 0 Å². The second-order valence-electron chi connectivity index (χ2n) is 6.06. The van der Waals surface area contributed by atoms with Crippen LogP contribution >= 0.6 is 0 Å². The van der Waals surface area contributed by atoms with Crippen molar-refractivity contribution in [1.29, 1.82) is 0 Å². The van der Waals surface area contributed by atoms with Gasteiger partial charge in [0.2, 0.25) is 9.84 Å². The molecule has 0 saturated heterocycles. The topological polar surface area (TPSA) is 74.6 Å². The van der Waals surface area contributed by atoms with E-state index in [4.69, 9.17) is 0 Å². The summed E-state index contributed by atoms with van der Waals surface area (Å²) in [7, 11) is -3.80. The van der Waals surface area contributed by atoms with Crippen LogP contribution in [-0.4, -0.2) is 18.6 Å². The highest BCUT2D eigenvalue weighted by molar-refractivity contribution is 7.91. The number of aryl methyl sites for hydroxylation is 1. The lowest BCUT2D eigenvalue weighted by atomic mass is 10.0. The fraction of sp³-hybridized carbons (Fsp3) is 0.333. The van der Waals surface area contributed by atoms with E-state index in [1.54, 1.807) is 41.5 Å². The van der Waals surface area contributed by atoms with E-state index in [-0.39, 0.29) is 21.3 Å². The molecule has 0 aliphatic carbocycles. The van der Waals surface area contributed by atoms with E-state index in [1.165, 1.54) is 12.1 Å². The molecular formula is C18H22O4S. The third kappa shape index (κ3) is 2.59. The van der Waals surface area contributed by atoms with Gasteiger partial charge in [-0.3, -0.25) is 0 Å². The number of hydrogen-bond donors (Lipinski definition) is 2. The molecule has 0 unspecified atom stereocenters. The first-order valence-corrected chi connectivity index (χ1v) is 8.83. The predicted molar refractivity (Wildman–Crippen MR) is 90.1 cm³/mol. The van der Waals surface area contributed by atoms with Crippen molar-refractivity contribution in [1.82, 2.24) is 0 Å². The summed E-state index contributed by atoms with van der Waals surface area (Å²) in [5.41, 5.74) is 3.62. The molecule has 124 valence electrons. The smallest absolute Gasteiger partial charge is 0.207 e. The van der Waals surface area contributed by atoms with Crippen LogP contribution < -0.4 is 0 Å². The van der Waals surface area contributed by atoms with Crippen LogP contribution in [0.2, 0.25) is 0 Å². The van der Waals surface area contributed by atoms with Gasteiger partial charge in [0.05, 0.1) is 9.79 Å². The zero-order chi connectivity index (χ0) is 17.7. The van der Waals surface area contributed by atoms with Crippen molar-refractivity contribution in [3.63, 3.8) is 0 Å². The molecule has 4 nitrogen and oxygen atoms in total. The summed E-state index contributed by atoms with van der Waals surface area (Å²) in [6, 6.07) is 2.78. The fourth-order valence-corrected chi connectivity index (χ4v) is 4.92. The maximum atomic E-state index is 13.2. The largest absolute Gasteiger partial charge is 0.508 e. The van der Waals surface area contributed by atoms with E-state index < -0.39 is 9.84 Å². The van der Waals surface area contributed by atoms with Gasteiger partial charge >= 0.3 is 0 Å². The van der Waals surface area contributed by atoms with Crippen molar-refractivity contribution in [2.75, 3.05) is 0 Å². The van der Waals surface area contributed by atoms with Gasteiger partial charge in [0.25, 0.3) is 0 Å². The van der Waals surface area contributed by atoms with Crippen LogP contribution in [0.4, 0.5) is 0 Å². The summed E-state index contributed by atoms with van der Waals surface area (Å²) in [5.74, 6) is 0.0519. The quantitative estimate of drug-likeness (QED) is 0.876. The minimum Gasteiger partial charge on any atom is -0.508 e. The highest BCUT2D eigenvalue weighted by atomic mass is 32.2. The summed E-state index contributed by atoms with van der Waals surface area (Å²) in [6.07, 6.45) is 0. The normalized spacial score (nSPS) is 11.7. The van der Waals surface area contributed by atoms with Gasteiger partial charge < -0.3 is 10.2 Å². The maximum absolute atomic E-state index is 13.2. The lowest BCUT2D eigenvalue weighted by Crippen LogP contribution is -2.10. The number of hydrogen-bond acceptors (Lipinski definition) is 4. The lowest BCUT2D eigenvalue weighted by Gasteiger charge is -2.18. The Morgan fingerprint density at radius 2 is 1.17 bits per heavy atom. The Balaban J connectivity index is 2.88. The van der Waals surface area contributed by atoms with Gasteiger partial charge in [-0.1, -0.05) is 0 Å². The Labute approximate surface area is 137 Å². The Morgan fingerprint density at radius 3 is 1.74 bits per heavy atom. The Bertz CT molecular complexity index is 910. The van der Waals surface area contributed by atoms with Crippen LogP contribution in [0.25, 0.3) is 0 Å². The van der Waals surface area contributed by atoms with Crippen LogP contribution in [0.1, 0.15) is 33.4 Å². The number of phenolic OH excluding ortho intramolecular Hbond substituents is 2. The summed E-state index contributed by atoms with van der Waals surface area (Å²) in [6.45, 7) is 10.3. The van der Waals surface area contributed by atoms with E-state index >= 15 is 0 Å². The molecule has 0 amide bonds. The van der Waals surface area contributed by atoms with E-state index in [2.05, 4.69) is 0 Å². The first kappa shape index (κ1) is 17.3. The molecule has 2 N–H and O–H groups in total. The summed E-state index contributed by atoms with van der Waals surface area (Å²) in [4.78, 5) is 0.299. The number of benzene rings is 2.